The van der Waals surface area contributed by atoms with Crippen molar-refractivity contribution in [1.82, 2.24) is 15.2 Å². The van der Waals surface area contributed by atoms with E-state index in [9.17, 15) is 4.39 Å². The molecule has 110 valence electrons. The number of rotatable bonds is 3. The summed E-state index contributed by atoms with van der Waals surface area (Å²) in [4.78, 5) is 4.50. The maximum atomic E-state index is 13.4. The van der Waals surface area contributed by atoms with Gasteiger partial charge in [0.15, 0.2) is 11.6 Å². The zero-order chi connectivity index (χ0) is 15.5. The Morgan fingerprint density at radius 2 is 1.77 bits per heavy atom. The van der Waals surface area contributed by atoms with E-state index in [1.54, 1.807) is 31.3 Å². The van der Waals surface area contributed by atoms with Gasteiger partial charge >= 0.3 is 0 Å². The van der Waals surface area contributed by atoms with Crippen molar-refractivity contribution in [3.63, 3.8) is 0 Å². The number of aromatic nitrogens is 3. The van der Waals surface area contributed by atoms with Gasteiger partial charge in [-0.1, -0.05) is 35.9 Å². The second-order valence-electron chi connectivity index (χ2n) is 4.60. The van der Waals surface area contributed by atoms with Crippen LogP contribution in [-0.2, 0) is 0 Å². The van der Waals surface area contributed by atoms with E-state index in [4.69, 9.17) is 11.6 Å². The molecular weight excluding hydrogens is 303 g/mol. The van der Waals surface area contributed by atoms with Crippen LogP contribution in [-0.4, -0.2) is 22.2 Å². The van der Waals surface area contributed by atoms with Crippen LogP contribution in [0.1, 0.15) is 0 Å². The number of hydrogen-bond donors (Lipinski definition) is 1. The maximum absolute atomic E-state index is 13.4. The molecular formula is C16H12ClFN4. The molecule has 0 saturated heterocycles. The summed E-state index contributed by atoms with van der Waals surface area (Å²) in [6, 6.07) is 13.4. The molecule has 22 heavy (non-hydrogen) atoms. The van der Waals surface area contributed by atoms with Crippen molar-refractivity contribution in [3.8, 4) is 22.6 Å². The third-order valence-electron chi connectivity index (χ3n) is 3.10. The third-order valence-corrected chi connectivity index (χ3v) is 3.34. The fraction of sp³-hybridized carbons (Fsp3) is 0.0625. The molecule has 0 aliphatic heterocycles. The quantitative estimate of drug-likeness (QED) is 0.792. The minimum absolute atomic E-state index is 0.344. The van der Waals surface area contributed by atoms with Crippen LogP contribution in [0.25, 0.3) is 22.6 Å². The van der Waals surface area contributed by atoms with Crippen LogP contribution in [0.2, 0.25) is 5.02 Å². The Bertz CT molecular complexity index is 823. The van der Waals surface area contributed by atoms with E-state index >= 15 is 0 Å². The summed E-state index contributed by atoms with van der Waals surface area (Å²) in [6.07, 6.45) is 0. The van der Waals surface area contributed by atoms with Gasteiger partial charge in [-0.05, 0) is 24.3 Å². The average molecular weight is 315 g/mol. The number of nitrogens with one attached hydrogen (secondary N) is 1. The molecule has 0 unspecified atom stereocenters. The predicted molar refractivity (Wildman–Crippen MR) is 85.2 cm³/mol. The van der Waals surface area contributed by atoms with Gasteiger partial charge in [0.2, 0.25) is 0 Å². The Hall–Kier alpha value is -2.53. The van der Waals surface area contributed by atoms with E-state index in [1.165, 1.54) is 12.1 Å². The maximum Gasteiger partial charge on any atom is 0.182 e. The van der Waals surface area contributed by atoms with Gasteiger partial charge < -0.3 is 5.32 Å². The second kappa shape index (κ2) is 6.07. The summed E-state index contributed by atoms with van der Waals surface area (Å²) < 4.78 is 13.4. The van der Waals surface area contributed by atoms with Gasteiger partial charge in [0.05, 0.1) is 0 Å². The van der Waals surface area contributed by atoms with E-state index in [0.717, 1.165) is 5.56 Å². The molecule has 0 atom stereocenters. The lowest BCUT2D eigenvalue weighted by Crippen LogP contribution is -2.03. The smallest absolute Gasteiger partial charge is 0.182 e. The van der Waals surface area contributed by atoms with Gasteiger partial charge in [-0.25, -0.2) is 9.37 Å². The predicted octanol–water partition coefficient (Wildman–Crippen LogP) is 4.04. The summed E-state index contributed by atoms with van der Waals surface area (Å²) in [5.41, 5.74) is 1.99. The highest BCUT2D eigenvalue weighted by molar-refractivity contribution is 6.30. The molecule has 2 aromatic carbocycles. The first-order chi connectivity index (χ1) is 10.7. The monoisotopic (exact) mass is 314 g/mol. The Labute approximate surface area is 132 Å². The lowest BCUT2D eigenvalue weighted by atomic mass is 10.1. The average Bonchev–Trinajstić information content (AvgIpc) is 2.54. The SMILES string of the molecule is CNc1nnc(-c2cccc(F)c2)nc1-c1cccc(Cl)c1. The van der Waals surface area contributed by atoms with Gasteiger partial charge in [0, 0.05) is 23.2 Å². The number of benzene rings is 2. The van der Waals surface area contributed by atoms with E-state index < -0.39 is 0 Å². The van der Waals surface area contributed by atoms with Crippen LogP contribution in [0.3, 0.4) is 0 Å². The van der Waals surface area contributed by atoms with Crippen molar-refractivity contribution in [3.05, 3.63) is 59.4 Å². The molecule has 0 fully saturated rings. The molecule has 3 rings (SSSR count). The van der Waals surface area contributed by atoms with Gasteiger partial charge in [-0.2, -0.15) is 0 Å². The summed E-state index contributed by atoms with van der Waals surface area (Å²) in [5.74, 6) is 0.541. The molecule has 1 N–H and O–H groups in total. The summed E-state index contributed by atoms with van der Waals surface area (Å²) >= 11 is 6.03. The number of anilines is 1. The number of nitrogens with zero attached hydrogens (tertiary/aromatic N) is 3. The Morgan fingerprint density at radius 3 is 2.50 bits per heavy atom. The highest BCUT2D eigenvalue weighted by Gasteiger charge is 2.12. The zero-order valence-corrected chi connectivity index (χ0v) is 12.5. The van der Waals surface area contributed by atoms with Crippen molar-refractivity contribution in [2.45, 2.75) is 0 Å². The molecule has 3 aromatic rings. The van der Waals surface area contributed by atoms with Crippen molar-refractivity contribution >= 4 is 17.4 Å². The van der Waals surface area contributed by atoms with Crippen LogP contribution < -0.4 is 5.32 Å². The molecule has 1 aromatic heterocycles. The molecule has 0 spiro atoms. The topological polar surface area (TPSA) is 50.7 Å². The van der Waals surface area contributed by atoms with E-state index in [2.05, 4.69) is 20.5 Å². The summed E-state index contributed by atoms with van der Waals surface area (Å²) in [6.45, 7) is 0. The Morgan fingerprint density at radius 1 is 1.00 bits per heavy atom. The third kappa shape index (κ3) is 2.89. The molecule has 0 amide bonds. The molecule has 0 radical (unpaired) electrons. The zero-order valence-electron chi connectivity index (χ0n) is 11.7. The van der Waals surface area contributed by atoms with Gasteiger partial charge in [-0.15, -0.1) is 10.2 Å². The highest BCUT2D eigenvalue weighted by Crippen LogP contribution is 2.28. The standard InChI is InChI=1S/C16H12ClFN4/c1-19-16-14(10-4-2-6-12(17)8-10)20-15(21-22-16)11-5-3-7-13(18)9-11/h2-9H,1H3,(H,19,22). The van der Waals surface area contributed by atoms with Crippen LogP contribution in [0.5, 0.6) is 0 Å². The lowest BCUT2D eigenvalue weighted by molar-refractivity contribution is 0.628. The fourth-order valence-corrected chi connectivity index (χ4v) is 2.27. The summed E-state index contributed by atoms with van der Waals surface area (Å²) in [5, 5.41) is 11.7. The van der Waals surface area contributed by atoms with Crippen molar-refractivity contribution < 1.29 is 4.39 Å². The van der Waals surface area contributed by atoms with E-state index in [-0.39, 0.29) is 5.82 Å². The normalized spacial score (nSPS) is 10.5. The fourth-order valence-electron chi connectivity index (χ4n) is 2.08. The van der Waals surface area contributed by atoms with Crippen molar-refractivity contribution in [2.75, 3.05) is 12.4 Å². The first-order valence-corrected chi connectivity index (χ1v) is 6.99. The largest absolute Gasteiger partial charge is 0.370 e. The second-order valence-corrected chi connectivity index (χ2v) is 5.04. The van der Waals surface area contributed by atoms with Crippen LogP contribution in [0.4, 0.5) is 10.2 Å². The molecule has 0 aliphatic carbocycles. The first kappa shape index (κ1) is 14.4. The Kier molecular flexibility index (Phi) is 3.98. The van der Waals surface area contributed by atoms with Gasteiger partial charge in [0.1, 0.15) is 11.5 Å². The van der Waals surface area contributed by atoms with E-state index in [0.29, 0.717) is 27.9 Å². The molecule has 1 heterocycles. The molecule has 0 saturated carbocycles. The van der Waals surface area contributed by atoms with Gasteiger partial charge in [-0.3, -0.25) is 0 Å². The highest BCUT2D eigenvalue weighted by atomic mass is 35.5. The van der Waals surface area contributed by atoms with E-state index in [1.807, 2.05) is 12.1 Å². The van der Waals surface area contributed by atoms with Crippen LogP contribution >= 0.6 is 11.6 Å². The van der Waals surface area contributed by atoms with Crippen LogP contribution in [0, 0.1) is 5.82 Å². The molecule has 6 heteroatoms. The van der Waals surface area contributed by atoms with Crippen LogP contribution in [0.15, 0.2) is 48.5 Å². The Balaban J connectivity index is 2.14. The van der Waals surface area contributed by atoms with Gasteiger partial charge in [0.25, 0.3) is 0 Å². The molecule has 4 nitrogen and oxygen atoms in total. The minimum Gasteiger partial charge on any atom is -0.370 e. The first-order valence-electron chi connectivity index (χ1n) is 6.62. The number of halogens is 2. The molecule has 0 aliphatic rings. The molecule has 0 bridgehead atoms. The lowest BCUT2D eigenvalue weighted by Gasteiger charge is -2.09. The minimum atomic E-state index is -0.344. The van der Waals surface area contributed by atoms with Crippen molar-refractivity contribution in [2.24, 2.45) is 0 Å². The number of hydrogen-bond acceptors (Lipinski definition) is 4. The van der Waals surface area contributed by atoms with Crippen molar-refractivity contribution in [1.29, 1.82) is 0 Å². The summed E-state index contributed by atoms with van der Waals surface area (Å²) in [7, 11) is 1.74.